The molecule has 0 bridgehead atoms. The van der Waals surface area contributed by atoms with E-state index in [9.17, 15) is 4.79 Å². The molecule has 5 nitrogen and oxygen atoms in total. The molecule has 1 saturated carbocycles. The predicted molar refractivity (Wildman–Crippen MR) is 78.1 cm³/mol. The Morgan fingerprint density at radius 3 is 2.70 bits per heavy atom. The molecule has 3 N–H and O–H groups in total. The molecule has 0 aliphatic heterocycles. The molecule has 20 heavy (non-hydrogen) atoms. The average molecular weight is 270 g/mol. The van der Waals surface area contributed by atoms with Gasteiger partial charge in [-0.15, -0.1) is 5.10 Å². The fraction of sp³-hybridized carbons (Fsp3) is 0.400. The number of amides is 1. The Labute approximate surface area is 117 Å². The van der Waals surface area contributed by atoms with Crippen LogP contribution in [-0.2, 0) is 4.79 Å². The van der Waals surface area contributed by atoms with Gasteiger partial charge in [0, 0.05) is 22.7 Å². The number of hydrogen-bond acceptors (Lipinski definition) is 4. The largest absolute Gasteiger partial charge is 0.369 e. The van der Waals surface area contributed by atoms with Crippen molar-refractivity contribution in [2.75, 3.05) is 5.32 Å². The normalized spacial score (nSPS) is 22.6. The van der Waals surface area contributed by atoms with E-state index < -0.39 is 0 Å². The van der Waals surface area contributed by atoms with Gasteiger partial charge in [-0.05, 0) is 25.7 Å². The SMILES string of the molecule is NC(=O)C1CCC(Nc2nncc3ccccc23)CC1. The maximum absolute atomic E-state index is 11.2. The maximum Gasteiger partial charge on any atom is 0.220 e. The number of hydrogen-bond donors (Lipinski definition) is 2. The summed E-state index contributed by atoms with van der Waals surface area (Å²) in [6.07, 6.45) is 5.36. The number of nitrogens with one attached hydrogen (secondary N) is 1. The molecule has 0 spiro atoms. The van der Waals surface area contributed by atoms with Crippen molar-refractivity contribution in [3.63, 3.8) is 0 Å². The number of primary amides is 1. The van der Waals surface area contributed by atoms with Gasteiger partial charge in [0.05, 0.1) is 6.20 Å². The number of benzene rings is 1. The Balaban J connectivity index is 1.73. The molecule has 0 atom stereocenters. The highest BCUT2D eigenvalue weighted by molar-refractivity contribution is 5.90. The van der Waals surface area contributed by atoms with Crippen molar-refractivity contribution in [2.45, 2.75) is 31.7 Å². The van der Waals surface area contributed by atoms with Gasteiger partial charge in [0.25, 0.3) is 0 Å². The minimum Gasteiger partial charge on any atom is -0.369 e. The van der Waals surface area contributed by atoms with Crippen LogP contribution in [0.1, 0.15) is 25.7 Å². The second-order valence-electron chi connectivity index (χ2n) is 5.38. The van der Waals surface area contributed by atoms with Crippen LogP contribution in [0.5, 0.6) is 0 Å². The van der Waals surface area contributed by atoms with E-state index in [1.807, 2.05) is 24.3 Å². The van der Waals surface area contributed by atoms with E-state index >= 15 is 0 Å². The number of carbonyl (C=O) groups is 1. The van der Waals surface area contributed by atoms with E-state index in [1.54, 1.807) is 6.20 Å². The van der Waals surface area contributed by atoms with Crippen molar-refractivity contribution in [3.05, 3.63) is 30.5 Å². The summed E-state index contributed by atoms with van der Waals surface area (Å²) in [5.74, 6) is 0.686. The van der Waals surface area contributed by atoms with Gasteiger partial charge in [0.15, 0.2) is 5.82 Å². The molecule has 1 aromatic carbocycles. The van der Waals surface area contributed by atoms with E-state index in [1.165, 1.54) is 0 Å². The van der Waals surface area contributed by atoms with Gasteiger partial charge < -0.3 is 11.1 Å². The van der Waals surface area contributed by atoms with Crippen LogP contribution in [-0.4, -0.2) is 22.1 Å². The summed E-state index contributed by atoms with van der Waals surface area (Å²) in [6.45, 7) is 0. The molecule has 0 unspecified atom stereocenters. The average Bonchev–Trinajstić information content (AvgIpc) is 2.48. The molecule has 2 aromatic rings. The van der Waals surface area contributed by atoms with Crippen LogP contribution in [0.2, 0.25) is 0 Å². The van der Waals surface area contributed by atoms with Crippen molar-refractivity contribution in [1.82, 2.24) is 10.2 Å². The van der Waals surface area contributed by atoms with E-state index in [2.05, 4.69) is 15.5 Å². The second kappa shape index (κ2) is 5.45. The van der Waals surface area contributed by atoms with Gasteiger partial charge in [-0.2, -0.15) is 5.10 Å². The molecular weight excluding hydrogens is 252 g/mol. The fourth-order valence-corrected chi connectivity index (χ4v) is 2.85. The first-order chi connectivity index (χ1) is 9.74. The first kappa shape index (κ1) is 12.8. The number of carbonyl (C=O) groups excluding carboxylic acids is 1. The first-order valence-electron chi connectivity index (χ1n) is 7.00. The van der Waals surface area contributed by atoms with Crippen LogP contribution in [0, 0.1) is 5.92 Å². The lowest BCUT2D eigenvalue weighted by Crippen LogP contribution is -2.32. The Hall–Kier alpha value is -2.17. The van der Waals surface area contributed by atoms with Crippen LogP contribution in [0.15, 0.2) is 30.5 Å². The second-order valence-corrected chi connectivity index (χ2v) is 5.38. The highest BCUT2D eigenvalue weighted by Crippen LogP contribution is 2.28. The number of nitrogens with zero attached hydrogens (tertiary/aromatic N) is 2. The third-order valence-electron chi connectivity index (χ3n) is 4.04. The number of fused-ring (bicyclic) bond motifs is 1. The number of anilines is 1. The number of aromatic nitrogens is 2. The molecule has 0 radical (unpaired) electrons. The highest BCUT2D eigenvalue weighted by atomic mass is 16.1. The van der Waals surface area contributed by atoms with Gasteiger partial charge in [-0.3, -0.25) is 4.79 Å². The minimum atomic E-state index is -0.173. The Kier molecular flexibility index (Phi) is 3.50. The Morgan fingerprint density at radius 1 is 1.20 bits per heavy atom. The van der Waals surface area contributed by atoms with Crippen LogP contribution in [0.3, 0.4) is 0 Å². The highest BCUT2D eigenvalue weighted by Gasteiger charge is 2.25. The molecule has 1 amide bonds. The zero-order valence-corrected chi connectivity index (χ0v) is 11.2. The lowest BCUT2D eigenvalue weighted by atomic mass is 9.85. The van der Waals surface area contributed by atoms with Crippen molar-refractivity contribution in [2.24, 2.45) is 11.7 Å². The maximum atomic E-state index is 11.2. The molecule has 1 fully saturated rings. The summed E-state index contributed by atoms with van der Waals surface area (Å²) in [6, 6.07) is 8.40. The van der Waals surface area contributed by atoms with E-state index in [-0.39, 0.29) is 11.8 Å². The molecule has 5 heteroatoms. The lowest BCUT2D eigenvalue weighted by Gasteiger charge is -2.27. The Morgan fingerprint density at radius 2 is 1.95 bits per heavy atom. The molecule has 3 rings (SSSR count). The molecule has 1 aliphatic rings. The van der Waals surface area contributed by atoms with Crippen LogP contribution in [0.25, 0.3) is 10.8 Å². The molecule has 1 aromatic heterocycles. The molecule has 104 valence electrons. The summed E-state index contributed by atoms with van der Waals surface area (Å²) in [4.78, 5) is 11.2. The van der Waals surface area contributed by atoms with Crippen LogP contribution < -0.4 is 11.1 Å². The van der Waals surface area contributed by atoms with Gasteiger partial charge in [-0.1, -0.05) is 24.3 Å². The summed E-state index contributed by atoms with van der Waals surface area (Å²) in [7, 11) is 0. The van der Waals surface area contributed by atoms with Gasteiger partial charge in [-0.25, -0.2) is 0 Å². The third kappa shape index (κ3) is 2.57. The van der Waals surface area contributed by atoms with E-state index in [0.717, 1.165) is 42.3 Å². The predicted octanol–water partition coefficient (Wildman–Crippen LogP) is 2.09. The Bertz CT molecular complexity index is 615. The quantitative estimate of drug-likeness (QED) is 0.894. The zero-order chi connectivity index (χ0) is 13.9. The van der Waals surface area contributed by atoms with Gasteiger partial charge in [0.1, 0.15) is 0 Å². The van der Waals surface area contributed by atoms with Crippen molar-refractivity contribution in [1.29, 1.82) is 0 Å². The van der Waals surface area contributed by atoms with Gasteiger partial charge >= 0.3 is 0 Å². The summed E-state index contributed by atoms with van der Waals surface area (Å²) in [5, 5.41) is 13.9. The minimum absolute atomic E-state index is 0.0339. The molecular formula is C15H18N4O. The first-order valence-corrected chi connectivity index (χ1v) is 7.00. The van der Waals surface area contributed by atoms with Crippen LogP contribution in [0.4, 0.5) is 5.82 Å². The summed E-state index contributed by atoms with van der Waals surface area (Å²) < 4.78 is 0. The monoisotopic (exact) mass is 270 g/mol. The summed E-state index contributed by atoms with van der Waals surface area (Å²) in [5.41, 5.74) is 5.36. The van der Waals surface area contributed by atoms with Crippen molar-refractivity contribution >= 4 is 22.5 Å². The third-order valence-corrected chi connectivity index (χ3v) is 4.04. The zero-order valence-electron chi connectivity index (χ0n) is 11.2. The number of nitrogens with two attached hydrogens (primary N) is 1. The van der Waals surface area contributed by atoms with Gasteiger partial charge in [0.2, 0.25) is 5.91 Å². The van der Waals surface area contributed by atoms with E-state index in [4.69, 9.17) is 5.73 Å². The smallest absolute Gasteiger partial charge is 0.220 e. The standard InChI is InChI=1S/C15H18N4O/c16-14(20)10-5-7-12(8-6-10)18-15-13-4-2-1-3-11(13)9-17-19-15/h1-4,9-10,12H,5-8H2,(H2,16,20)(H,18,19). The topological polar surface area (TPSA) is 80.9 Å². The molecule has 1 heterocycles. The van der Waals surface area contributed by atoms with E-state index in [0.29, 0.717) is 6.04 Å². The molecule has 0 saturated heterocycles. The fourth-order valence-electron chi connectivity index (χ4n) is 2.85. The number of rotatable bonds is 3. The molecule has 1 aliphatic carbocycles. The van der Waals surface area contributed by atoms with Crippen molar-refractivity contribution in [3.8, 4) is 0 Å². The van der Waals surface area contributed by atoms with Crippen LogP contribution >= 0.6 is 0 Å². The lowest BCUT2D eigenvalue weighted by molar-refractivity contribution is -0.122. The summed E-state index contributed by atoms with van der Waals surface area (Å²) >= 11 is 0. The van der Waals surface area contributed by atoms with Crippen molar-refractivity contribution < 1.29 is 4.79 Å².